The van der Waals surface area contributed by atoms with Crippen LogP contribution in [0.3, 0.4) is 0 Å². The molecule has 0 unspecified atom stereocenters. The second-order valence-electron chi connectivity index (χ2n) is 6.94. The molecule has 0 aliphatic carbocycles. The number of methoxy groups -OCH3 is 1. The molecule has 0 aliphatic rings. The van der Waals surface area contributed by atoms with E-state index in [1.807, 2.05) is 50.2 Å². The van der Waals surface area contributed by atoms with Crippen molar-refractivity contribution in [2.75, 3.05) is 19.0 Å². The van der Waals surface area contributed by atoms with Crippen molar-refractivity contribution in [3.05, 3.63) is 69.6 Å². The summed E-state index contributed by atoms with van der Waals surface area (Å²) in [6.07, 6.45) is 0. The third-order valence-electron chi connectivity index (χ3n) is 4.52. The van der Waals surface area contributed by atoms with Crippen LogP contribution in [0.25, 0.3) is 11.1 Å². The number of halogens is 1. The zero-order chi connectivity index (χ0) is 24.0. The molecule has 10 heteroatoms. The van der Waals surface area contributed by atoms with Gasteiger partial charge in [0.05, 0.1) is 12.1 Å². The quantitative estimate of drug-likeness (QED) is 0.251. The maximum absolute atomic E-state index is 12.5. The number of hydrazine groups is 1. The van der Waals surface area contributed by atoms with Gasteiger partial charge in [-0.15, -0.1) is 11.3 Å². The Morgan fingerprint density at radius 1 is 1.09 bits per heavy atom. The summed E-state index contributed by atoms with van der Waals surface area (Å²) >= 11 is 12.7. The first-order valence-electron chi connectivity index (χ1n) is 9.82. The number of thiophene rings is 1. The van der Waals surface area contributed by atoms with E-state index in [0.717, 1.165) is 21.6 Å². The average molecular weight is 504 g/mol. The van der Waals surface area contributed by atoms with Crippen LogP contribution < -0.4 is 20.9 Å². The summed E-state index contributed by atoms with van der Waals surface area (Å²) < 4.78 is 10.4. The number of carbonyl (C=O) groups excluding carboxylic acids is 2. The first kappa shape index (κ1) is 24.5. The highest BCUT2D eigenvalue weighted by molar-refractivity contribution is 7.80. The molecule has 7 nitrogen and oxygen atoms in total. The van der Waals surface area contributed by atoms with Crippen LogP contribution in [0.1, 0.15) is 20.8 Å². The highest BCUT2D eigenvalue weighted by Crippen LogP contribution is 2.40. The smallest absolute Gasteiger partial charge is 0.341 e. The second-order valence-corrected chi connectivity index (χ2v) is 8.99. The van der Waals surface area contributed by atoms with Gasteiger partial charge in [-0.1, -0.05) is 48.0 Å². The van der Waals surface area contributed by atoms with Gasteiger partial charge in [-0.2, -0.15) is 0 Å². The van der Waals surface area contributed by atoms with Crippen LogP contribution in [0.5, 0.6) is 5.75 Å². The molecule has 0 saturated heterocycles. The second kappa shape index (κ2) is 11.1. The third-order valence-corrected chi connectivity index (χ3v) is 6.06. The fraction of sp³-hybridized carbons (Fsp3) is 0.174. The number of rotatable bonds is 6. The Labute approximate surface area is 206 Å². The molecule has 0 saturated carbocycles. The fourth-order valence-corrected chi connectivity index (χ4v) is 4.50. The molecule has 3 rings (SSSR count). The van der Waals surface area contributed by atoms with Gasteiger partial charge in [-0.3, -0.25) is 15.6 Å². The number of amides is 1. The van der Waals surface area contributed by atoms with Gasteiger partial charge in [0, 0.05) is 10.4 Å². The lowest BCUT2D eigenvalue weighted by Crippen LogP contribution is -2.45. The molecule has 33 heavy (non-hydrogen) atoms. The molecule has 0 atom stereocenters. The lowest BCUT2D eigenvalue weighted by atomic mass is 10.0. The number of hydrogen-bond donors (Lipinski definition) is 3. The largest absolute Gasteiger partial charge is 0.482 e. The van der Waals surface area contributed by atoms with E-state index >= 15 is 0 Å². The Bertz CT molecular complexity index is 1180. The zero-order valence-corrected chi connectivity index (χ0v) is 20.5. The first-order valence-corrected chi connectivity index (χ1v) is 11.4. The fourth-order valence-electron chi connectivity index (χ4n) is 3.04. The van der Waals surface area contributed by atoms with E-state index in [1.165, 1.54) is 18.4 Å². The number of carbonyl (C=O) groups is 2. The highest BCUT2D eigenvalue weighted by Gasteiger charge is 2.24. The Morgan fingerprint density at radius 3 is 2.52 bits per heavy atom. The Balaban J connectivity index is 1.65. The monoisotopic (exact) mass is 503 g/mol. The van der Waals surface area contributed by atoms with Crippen molar-refractivity contribution in [3.63, 3.8) is 0 Å². The van der Waals surface area contributed by atoms with E-state index in [9.17, 15) is 9.59 Å². The molecule has 0 bridgehead atoms. The van der Waals surface area contributed by atoms with E-state index in [1.54, 1.807) is 12.1 Å². The van der Waals surface area contributed by atoms with Crippen molar-refractivity contribution >= 4 is 57.1 Å². The Hall–Kier alpha value is -3.14. The number of thiocarbonyl (C=S) groups is 1. The molecule has 0 radical (unpaired) electrons. The van der Waals surface area contributed by atoms with Gasteiger partial charge in [-0.05, 0) is 49.3 Å². The van der Waals surface area contributed by atoms with E-state index in [-0.39, 0.29) is 11.7 Å². The molecular weight excluding hydrogens is 482 g/mol. The van der Waals surface area contributed by atoms with E-state index in [4.69, 9.17) is 33.3 Å². The van der Waals surface area contributed by atoms with Crippen LogP contribution in [0.4, 0.5) is 5.00 Å². The normalized spacial score (nSPS) is 10.3. The first-order chi connectivity index (χ1) is 15.8. The van der Waals surface area contributed by atoms with E-state index in [2.05, 4.69) is 16.2 Å². The van der Waals surface area contributed by atoms with Crippen LogP contribution in [0, 0.1) is 13.8 Å². The Kier molecular flexibility index (Phi) is 8.26. The molecule has 1 aromatic heterocycles. The summed E-state index contributed by atoms with van der Waals surface area (Å²) in [5.74, 6) is -0.536. The number of anilines is 1. The van der Waals surface area contributed by atoms with Gasteiger partial charge < -0.3 is 14.8 Å². The molecule has 172 valence electrons. The summed E-state index contributed by atoms with van der Waals surface area (Å²) in [5, 5.41) is 3.98. The number of benzene rings is 2. The molecule has 0 aliphatic heterocycles. The van der Waals surface area contributed by atoms with Crippen molar-refractivity contribution in [1.29, 1.82) is 0 Å². The number of aryl methyl sites for hydroxylation is 2. The summed E-state index contributed by atoms with van der Waals surface area (Å²) in [7, 11) is 1.32. The number of nitrogens with one attached hydrogen (secondary N) is 3. The minimum Gasteiger partial charge on any atom is -0.482 e. The van der Waals surface area contributed by atoms with Crippen molar-refractivity contribution in [3.8, 4) is 16.9 Å². The van der Waals surface area contributed by atoms with Gasteiger partial charge in [-0.25, -0.2) is 4.79 Å². The minimum atomic E-state index is -0.490. The van der Waals surface area contributed by atoms with E-state index < -0.39 is 11.9 Å². The van der Waals surface area contributed by atoms with Gasteiger partial charge in [0.2, 0.25) is 0 Å². The maximum atomic E-state index is 12.5. The summed E-state index contributed by atoms with van der Waals surface area (Å²) in [5.41, 5.74) is 8.05. The highest BCUT2D eigenvalue weighted by atomic mass is 35.5. The van der Waals surface area contributed by atoms with Gasteiger partial charge in [0.1, 0.15) is 16.3 Å². The lowest BCUT2D eigenvalue weighted by Gasteiger charge is -2.13. The van der Waals surface area contributed by atoms with E-state index in [0.29, 0.717) is 21.3 Å². The van der Waals surface area contributed by atoms with Crippen molar-refractivity contribution < 1.29 is 19.1 Å². The maximum Gasteiger partial charge on any atom is 0.341 e. The molecule has 3 N–H and O–H groups in total. The Morgan fingerprint density at radius 2 is 1.82 bits per heavy atom. The number of esters is 1. The average Bonchev–Trinajstić information content (AvgIpc) is 3.13. The summed E-state index contributed by atoms with van der Waals surface area (Å²) in [6.45, 7) is 3.55. The van der Waals surface area contributed by atoms with Crippen LogP contribution in [-0.4, -0.2) is 30.7 Å². The zero-order valence-electron chi connectivity index (χ0n) is 18.2. The molecule has 1 heterocycles. The van der Waals surface area contributed by atoms with Crippen molar-refractivity contribution in [2.45, 2.75) is 13.8 Å². The van der Waals surface area contributed by atoms with Crippen LogP contribution in [-0.2, 0) is 9.53 Å². The lowest BCUT2D eigenvalue weighted by molar-refractivity contribution is -0.123. The van der Waals surface area contributed by atoms with Crippen molar-refractivity contribution in [1.82, 2.24) is 10.9 Å². The summed E-state index contributed by atoms with van der Waals surface area (Å²) in [4.78, 5) is 25.6. The molecule has 2 aromatic carbocycles. The third kappa shape index (κ3) is 6.22. The molecule has 1 amide bonds. The molecule has 0 spiro atoms. The minimum absolute atomic E-state index is 0.1000. The van der Waals surface area contributed by atoms with Crippen molar-refractivity contribution in [2.24, 2.45) is 0 Å². The predicted octanol–water partition coefficient (Wildman–Crippen LogP) is 4.87. The van der Waals surface area contributed by atoms with Gasteiger partial charge in [0.25, 0.3) is 5.91 Å². The SMILES string of the molecule is COC(=O)c1c(NC(=S)NNC(=O)COc2cc(C)ccc2Cl)sc(C)c1-c1ccccc1. The summed E-state index contributed by atoms with van der Waals surface area (Å²) in [6, 6.07) is 14.8. The topological polar surface area (TPSA) is 88.7 Å². The molecular formula is C23H22ClN3O4S2. The van der Waals surface area contributed by atoms with Gasteiger partial charge in [0.15, 0.2) is 11.7 Å². The standard InChI is InChI=1S/C23H22ClN3O4S2/c1-13-9-10-16(24)17(11-13)31-12-18(28)26-27-23(32)25-21-20(22(29)30-3)19(14(2)33-21)15-7-5-4-6-8-15/h4-11H,12H2,1-3H3,(H,26,28)(H2,25,27,32). The van der Waals surface area contributed by atoms with Crippen LogP contribution in [0.2, 0.25) is 5.02 Å². The van der Waals surface area contributed by atoms with Gasteiger partial charge >= 0.3 is 5.97 Å². The molecule has 0 fully saturated rings. The predicted molar refractivity (Wildman–Crippen MR) is 135 cm³/mol. The number of ether oxygens (including phenoxy) is 2. The number of hydrogen-bond acceptors (Lipinski definition) is 6. The van der Waals surface area contributed by atoms with Crippen LogP contribution in [0.15, 0.2) is 48.5 Å². The molecule has 3 aromatic rings. The van der Waals surface area contributed by atoms with Crippen LogP contribution >= 0.6 is 35.2 Å².